The molecule has 0 aromatic heterocycles. The number of carboxylic acid groups (broad SMARTS) is 1. The van der Waals surface area contributed by atoms with Crippen molar-refractivity contribution in [1.29, 1.82) is 0 Å². The van der Waals surface area contributed by atoms with Crippen LogP contribution in [0.4, 0.5) is 0 Å². The number of hydrogen-bond donors (Lipinski definition) is 1. The fourth-order valence-electron chi connectivity index (χ4n) is 2.93. The number of carbonyl (C=O) groups excluding carboxylic acids is 1. The Morgan fingerprint density at radius 3 is 2.10 bits per heavy atom. The van der Waals surface area contributed by atoms with E-state index in [1.54, 1.807) is 0 Å². The standard InChI is InChI=1S/C16H29NO3/c1-3-5-10-17(11-6-4-2)15(18)13-8-7-9-14(12-13)16(19)20/h13-14H,3-12H2,1-2H3,(H,19,20). The first-order valence-electron chi connectivity index (χ1n) is 8.11. The normalized spacial score (nSPS) is 22.5. The number of hydrogen-bond acceptors (Lipinski definition) is 2. The van der Waals surface area contributed by atoms with Crippen molar-refractivity contribution in [3.8, 4) is 0 Å². The number of carbonyl (C=O) groups is 2. The van der Waals surface area contributed by atoms with Gasteiger partial charge in [0.2, 0.25) is 5.91 Å². The molecule has 0 saturated heterocycles. The molecule has 1 rings (SSSR count). The first kappa shape index (κ1) is 17.0. The van der Waals surface area contributed by atoms with E-state index in [1.165, 1.54) is 0 Å². The molecule has 1 fully saturated rings. The highest BCUT2D eigenvalue weighted by Gasteiger charge is 2.32. The number of carboxylic acids is 1. The van der Waals surface area contributed by atoms with Gasteiger partial charge in [0, 0.05) is 19.0 Å². The van der Waals surface area contributed by atoms with Crippen molar-refractivity contribution in [2.75, 3.05) is 13.1 Å². The molecule has 1 aliphatic carbocycles. The summed E-state index contributed by atoms with van der Waals surface area (Å²) in [5.41, 5.74) is 0. The second-order valence-electron chi connectivity index (χ2n) is 5.93. The lowest BCUT2D eigenvalue weighted by molar-refractivity contribution is -0.145. The fourth-order valence-corrected chi connectivity index (χ4v) is 2.93. The molecule has 116 valence electrons. The number of unbranched alkanes of at least 4 members (excludes halogenated alkanes) is 2. The van der Waals surface area contributed by atoms with E-state index in [-0.39, 0.29) is 17.7 Å². The van der Waals surface area contributed by atoms with Crippen LogP contribution < -0.4 is 0 Å². The van der Waals surface area contributed by atoms with Gasteiger partial charge >= 0.3 is 5.97 Å². The van der Waals surface area contributed by atoms with Crippen molar-refractivity contribution in [1.82, 2.24) is 4.90 Å². The summed E-state index contributed by atoms with van der Waals surface area (Å²) in [6.45, 7) is 5.90. The molecule has 0 aliphatic heterocycles. The highest BCUT2D eigenvalue weighted by atomic mass is 16.4. The van der Waals surface area contributed by atoms with Crippen LogP contribution in [0.5, 0.6) is 0 Å². The third-order valence-electron chi connectivity index (χ3n) is 4.25. The third-order valence-corrected chi connectivity index (χ3v) is 4.25. The van der Waals surface area contributed by atoms with Gasteiger partial charge in [-0.2, -0.15) is 0 Å². The molecular weight excluding hydrogens is 254 g/mol. The Kier molecular flexibility index (Phi) is 7.63. The molecule has 0 aromatic carbocycles. The quantitative estimate of drug-likeness (QED) is 0.743. The average molecular weight is 283 g/mol. The zero-order valence-corrected chi connectivity index (χ0v) is 12.9. The van der Waals surface area contributed by atoms with Gasteiger partial charge in [0.25, 0.3) is 0 Å². The summed E-state index contributed by atoms with van der Waals surface area (Å²) >= 11 is 0. The number of rotatable bonds is 8. The summed E-state index contributed by atoms with van der Waals surface area (Å²) in [6.07, 6.45) is 7.21. The third kappa shape index (κ3) is 5.14. The zero-order chi connectivity index (χ0) is 15.0. The maximum atomic E-state index is 12.6. The molecule has 0 bridgehead atoms. The van der Waals surface area contributed by atoms with Gasteiger partial charge < -0.3 is 10.0 Å². The average Bonchev–Trinajstić information content (AvgIpc) is 2.47. The number of amides is 1. The van der Waals surface area contributed by atoms with Gasteiger partial charge in [-0.3, -0.25) is 9.59 Å². The molecule has 4 heteroatoms. The van der Waals surface area contributed by atoms with Crippen molar-refractivity contribution in [3.63, 3.8) is 0 Å². The van der Waals surface area contributed by atoms with Gasteiger partial charge in [-0.05, 0) is 32.1 Å². The SMILES string of the molecule is CCCCN(CCCC)C(=O)C1CCCC(C(=O)O)C1. The molecule has 0 radical (unpaired) electrons. The highest BCUT2D eigenvalue weighted by Crippen LogP contribution is 2.30. The second-order valence-corrected chi connectivity index (χ2v) is 5.93. The van der Waals surface area contributed by atoms with Crippen LogP contribution in [0, 0.1) is 11.8 Å². The molecule has 0 spiro atoms. The Morgan fingerprint density at radius 1 is 1.05 bits per heavy atom. The second kappa shape index (κ2) is 8.98. The summed E-state index contributed by atoms with van der Waals surface area (Å²) in [5.74, 6) is -0.940. The van der Waals surface area contributed by atoms with Gasteiger partial charge in [0.05, 0.1) is 5.92 Å². The monoisotopic (exact) mass is 283 g/mol. The van der Waals surface area contributed by atoms with Crippen LogP contribution >= 0.6 is 0 Å². The highest BCUT2D eigenvalue weighted by molar-refractivity contribution is 5.80. The predicted molar refractivity (Wildman–Crippen MR) is 79.5 cm³/mol. The lowest BCUT2D eigenvalue weighted by Crippen LogP contribution is -2.40. The maximum absolute atomic E-state index is 12.6. The molecule has 2 unspecified atom stereocenters. The minimum atomic E-state index is -0.740. The van der Waals surface area contributed by atoms with E-state index in [2.05, 4.69) is 13.8 Å². The van der Waals surface area contributed by atoms with Crippen LogP contribution in [0.25, 0.3) is 0 Å². The van der Waals surface area contributed by atoms with Crippen LogP contribution in [0.2, 0.25) is 0 Å². The molecule has 1 amide bonds. The Morgan fingerprint density at radius 2 is 1.60 bits per heavy atom. The Bertz CT molecular complexity index is 309. The summed E-state index contributed by atoms with van der Waals surface area (Å²) in [7, 11) is 0. The van der Waals surface area contributed by atoms with E-state index >= 15 is 0 Å². The van der Waals surface area contributed by atoms with Crippen LogP contribution in [0.3, 0.4) is 0 Å². The Labute approximate surface area is 122 Å². The van der Waals surface area contributed by atoms with Gasteiger partial charge in [-0.25, -0.2) is 0 Å². The fraction of sp³-hybridized carbons (Fsp3) is 0.875. The number of aliphatic carboxylic acids is 1. The number of nitrogens with zero attached hydrogens (tertiary/aromatic N) is 1. The lowest BCUT2D eigenvalue weighted by atomic mass is 9.80. The van der Waals surface area contributed by atoms with Gasteiger partial charge in [-0.1, -0.05) is 33.1 Å². The minimum Gasteiger partial charge on any atom is -0.481 e. The van der Waals surface area contributed by atoms with E-state index < -0.39 is 5.97 Å². The van der Waals surface area contributed by atoms with Crippen molar-refractivity contribution in [3.05, 3.63) is 0 Å². The Hall–Kier alpha value is -1.06. The van der Waals surface area contributed by atoms with Gasteiger partial charge in [0.1, 0.15) is 0 Å². The van der Waals surface area contributed by atoms with E-state index in [0.29, 0.717) is 6.42 Å². The molecule has 1 aliphatic rings. The molecule has 2 atom stereocenters. The molecule has 20 heavy (non-hydrogen) atoms. The lowest BCUT2D eigenvalue weighted by Gasteiger charge is -2.31. The smallest absolute Gasteiger partial charge is 0.306 e. The summed E-state index contributed by atoms with van der Waals surface area (Å²) < 4.78 is 0. The van der Waals surface area contributed by atoms with Crippen LogP contribution in [-0.4, -0.2) is 35.0 Å². The first-order valence-corrected chi connectivity index (χ1v) is 8.11. The summed E-state index contributed by atoms with van der Waals surface area (Å²) in [6, 6.07) is 0. The molecule has 1 N–H and O–H groups in total. The van der Waals surface area contributed by atoms with E-state index in [9.17, 15) is 9.59 Å². The summed E-state index contributed by atoms with van der Waals surface area (Å²) in [4.78, 5) is 25.7. The van der Waals surface area contributed by atoms with Crippen molar-refractivity contribution in [2.45, 2.75) is 65.2 Å². The van der Waals surface area contributed by atoms with Crippen molar-refractivity contribution >= 4 is 11.9 Å². The minimum absolute atomic E-state index is 0.0708. The molecule has 4 nitrogen and oxygen atoms in total. The molecular formula is C16H29NO3. The van der Waals surface area contributed by atoms with Gasteiger partial charge in [-0.15, -0.1) is 0 Å². The molecule has 0 aromatic rings. The summed E-state index contributed by atoms with van der Waals surface area (Å²) in [5, 5.41) is 9.13. The van der Waals surface area contributed by atoms with Gasteiger partial charge in [0.15, 0.2) is 0 Å². The van der Waals surface area contributed by atoms with E-state index in [4.69, 9.17) is 5.11 Å². The largest absolute Gasteiger partial charge is 0.481 e. The van der Waals surface area contributed by atoms with Crippen LogP contribution in [0.15, 0.2) is 0 Å². The Balaban J connectivity index is 2.59. The van der Waals surface area contributed by atoms with E-state index in [0.717, 1.165) is 58.0 Å². The molecule has 1 saturated carbocycles. The first-order chi connectivity index (χ1) is 9.60. The van der Waals surface area contributed by atoms with Crippen molar-refractivity contribution in [2.24, 2.45) is 11.8 Å². The van der Waals surface area contributed by atoms with Crippen LogP contribution in [-0.2, 0) is 9.59 Å². The molecule has 0 heterocycles. The maximum Gasteiger partial charge on any atom is 0.306 e. The topological polar surface area (TPSA) is 57.6 Å². The van der Waals surface area contributed by atoms with E-state index in [1.807, 2.05) is 4.90 Å². The zero-order valence-electron chi connectivity index (χ0n) is 12.9. The predicted octanol–water partition coefficient (Wildman–Crippen LogP) is 3.31. The van der Waals surface area contributed by atoms with Crippen LogP contribution in [0.1, 0.15) is 65.2 Å². The van der Waals surface area contributed by atoms with Crippen molar-refractivity contribution < 1.29 is 14.7 Å².